The number of benzene rings is 1. The van der Waals surface area contributed by atoms with Crippen LogP contribution in [0.25, 0.3) is 11.5 Å². The molecule has 0 bridgehead atoms. The van der Waals surface area contributed by atoms with E-state index in [0.29, 0.717) is 16.6 Å². The fourth-order valence-electron chi connectivity index (χ4n) is 1.91. The third kappa shape index (κ3) is 3.73. The summed E-state index contributed by atoms with van der Waals surface area (Å²) in [5, 5.41) is 8.13. The van der Waals surface area contributed by atoms with Gasteiger partial charge in [-0.05, 0) is 31.2 Å². The predicted octanol–water partition coefficient (Wildman–Crippen LogP) is 3.45. The van der Waals surface area contributed by atoms with E-state index in [1.54, 1.807) is 0 Å². The Morgan fingerprint density at radius 3 is 2.87 bits per heavy atom. The molecule has 0 unspecified atom stereocenters. The molecule has 0 fully saturated rings. The molecule has 3 rings (SSSR count). The van der Waals surface area contributed by atoms with Crippen LogP contribution in [-0.2, 0) is 11.3 Å². The zero-order valence-electron chi connectivity index (χ0n) is 12.2. The Kier molecular flexibility index (Phi) is 4.34. The van der Waals surface area contributed by atoms with Gasteiger partial charge in [-0.1, -0.05) is 29.3 Å². The van der Waals surface area contributed by atoms with Crippen LogP contribution >= 0.6 is 11.6 Å². The molecule has 0 radical (unpaired) electrons. The van der Waals surface area contributed by atoms with E-state index in [1.807, 2.05) is 31.2 Å². The van der Waals surface area contributed by atoms with Crippen LogP contribution in [0.1, 0.15) is 21.8 Å². The number of hydrogen-bond donors (Lipinski definition) is 0. The molecule has 0 N–H and O–H groups in total. The van der Waals surface area contributed by atoms with E-state index in [1.165, 1.54) is 18.3 Å². The summed E-state index contributed by atoms with van der Waals surface area (Å²) < 4.78 is 10.6. The number of pyridine rings is 1. The number of aryl methyl sites for hydroxylation is 1. The van der Waals surface area contributed by atoms with Gasteiger partial charge in [0, 0.05) is 11.8 Å². The Hall–Kier alpha value is -2.73. The number of carbonyl (C=O) groups is 1. The number of ether oxygens (including phenoxy) is 1. The highest BCUT2D eigenvalue weighted by molar-refractivity contribution is 6.29. The molecule has 6 nitrogen and oxygen atoms in total. The second-order valence-electron chi connectivity index (χ2n) is 4.82. The second-order valence-corrected chi connectivity index (χ2v) is 5.20. The van der Waals surface area contributed by atoms with Crippen LogP contribution in [0.15, 0.2) is 47.0 Å². The average molecular weight is 330 g/mol. The molecule has 7 heteroatoms. The Balaban J connectivity index is 1.65. The molecule has 0 aliphatic rings. The number of halogens is 1. The average Bonchev–Trinajstić information content (AvgIpc) is 3.02. The molecule has 23 heavy (non-hydrogen) atoms. The molecule has 2 heterocycles. The first-order valence-electron chi connectivity index (χ1n) is 6.80. The number of nitrogens with zero attached hydrogens (tertiary/aromatic N) is 3. The Bertz CT molecular complexity index is 831. The lowest BCUT2D eigenvalue weighted by Crippen LogP contribution is -2.05. The molecule has 116 valence electrons. The molecule has 3 aromatic rings. The maximum Gasteiger partial charge on any atom is 0.340 e. The van der Waals surface area contributed by atoms with Crippen molar-refractivity contribution in [2.45, 2.75) is 13.5 Å². The van der Waals surface area contributed by atoms with E-state index >= 15 is 0 Å². The van der Waals surface area contributed by atoms with Gasteiger partial charge in [-0.3, -0.25) is 0 Å². The zero-order valence-corrected chi connectivity index (χ0v) is 12.9. The lowest BCUT2D eigenvalue weighted by atomic mass is 10.1. The molecule has 0 spiro atoms. The van der Waals surface area contributed by atoms with Gasteiger partial charge in [0.2, 0.25) is 5.89 Å². The molecule has 0 atom stereocenters. The number of rotatable bonds is 4. The van der Waals surface area contributed by atoms with Crippen molar-refractivity contribution in [3.05, 3.63) is 64.8 Å². The van der Waals surface area contributed by atoms with E-state index in [0.717, 1.165) is 11.1 Å². The molecule has 0 aliphatic heterocycles. The standard InChI is InChI=1S/C16H12ClN3O3/c1-10-3-2-4-11(7-10)15-20-19-14(23-15)9-22-16(21)12-5-6-13(17)18-8-12/h2-8H,9H2,1H3. The lowest BCUT2D eigenvalue weighted by molar-refractivity contribution is 0.0438. The van der Waals surface area contributed by atoms with Gasteiger partial charge < -0.3 is 9.15 Å². The van der Waals surface area contributed by atoms with Crippen LogP contribution < -0.4 is 0 Å². The molecule has 2 aromatic heterocycles. The highest BCUT2D eigenvalue weighted by Gasteiger charge is 2.12. The minimum Gasteiger partial charge on any atom is -0.452 e. The van der Waals surface area contributed by atoms with Crippen molar-refractivity contribution >= 4 is 17.6 Å². The minimum atomic E-state index is -0.538. The molecular weight excluding hydrogens is 318 g/mol. The van der Waals surface area contributed by atoms with Crippen molar-refractivity contribution in [1.29, 1.82) is 0 Å². The number of carbonyl (C=O) groups excluding carboxylic acids is 1. The van der Waals surface area contributed by atoms with Crippen molar-refractivity contribution in [3.8, 4) is 11.5 Å². The molecule has 0 saturated carbocycles. The Labute approximate surface area is 137 Å². The highest BCUT2D eigenvalue weighted by Crippen LogP contribution is 2.19. The summed E-state index contributed by atoms with van der Waals surface area (Å²) >= 11 is 5.66. The monoisotopic (exact) mass is 329 g/mol. The predicted molar refractivity (Wildman–Crippen MR) is 82.8 cm³/mol. The van der Waals surface area contributed by atoms with Gasteiger partial charge >= 0.3 is 5.97 Å². The first-order valence-corrected chi connectivity index (χ1v) is 7.18. The van der Waals surface area contributed by atoms with Crippen molar-refractivity contribution in [2.24, 2.45) is 0 Å². The van der Waals surface area contributed by atoms with Crippen molar-refractivity contribution in [2.75, 3.05) is 0 Å². The topological polar surface area (TPSA) is 78.1 Å². The number of esters is 1. The van der Waals surface area contributed by atoms with Crippen LogP contribution in [0, 0.1) is 6.92 Å². The van der Waals surface area contributed by atoms with Gasteiger partial charge in [-0.25, -0.2) is 9.78 Å². The van der Waals surface area contributed by atoms with Crippen molar-refractivity contribution in [1.82, 2.24) is 15.2 Å². The van der Waals surface area contributed by atoms with Crippen molar-refractivity contribution < 1.29 is 13.9 Å². The number of aromatic nitrogens is 3. The fourth-order valence-corrected chi connectivity index (χ4v) is 2.03. The van der Waals surface area contributed by atoms with Gasteiger partial charge in [-0.15, -0.1) is 10.2 Å². The molecule has 0 amide bonds. The van der Waals surface area contributed by atoms with Crippen LogP contribution in [0.2, 0.25) is 5.15 Å². The Morgan fingerprint density at radius 1 is 1.26 bits per heavy atom. The smallest absolute Gasteiger partial charge is 0.340 e. The normalized spacial score (nSPS) is 10.5. The fraction of sp³-hybridized carbons (Fsp3) is 0.125. The van der Waals surface area contributed by atoms with E-state index < -0.39 is 5.97 Å². The molecule has 0 saturated heterocycles. The number of hydrogen-bond acceptors (Lipinski definition) is 6. The molecule has 1 aromatic carbocycles. The second kappa shape index (κ2) is 6.58. The maximum atomic E-state index is 11.9. The zero-order chi connectivity index (χ0) is 16.2. The van der Waals surface area contributed by atoms with E-state index in [9.17, 15) is 4.79 Å². The van der Waals surface area contributed by atoms with Crippen LogP contribution in [0.3, 0.4) is 0 Å². The summed E-state index contributed by atoms with van der Waals surface area (Å²) in [6.07, 6.45) is 1.34. The van der Waals surface area contributed by atoms with Gasteiger partial charge in [0.15, 0.2) is 6.61 Å². The van der Waals surface area contributed by atoms with E-state index in [-0.39, 0.29) is 12.5 Å². The van der Waals surface area contributed by atoms with Crippen LogP contribution in [0.5, 0.6) is 0 Å². The van der Waals surface area contributed by atoms with Gasteiger partial charge in [-0.2, -0.15) is 0 Å². The largest absolute Gasteiger partial charge is 0.452 e. The first kappa shape index (κ1) is 15.2. The van der Waals surface area contributed by atoms with Crippen LogP contribution in [-0.4, -0.2) is 21.2 Å². The summed E-state index contributed by atoms with van der Waals surface area (Å²) in [4.78, 5) is 15.7. The summed E-state index contributed by atoms with van der Waals surface area (Å²) in [6.45, 7) is 1.86. The summed E-state index contributed by atoms with van der Waals surface area (Å²) in [6, 6.07) is 10.7. The molecular formula is C16H12ClN3O3. The quantitative estimate of drug-likeness (QED) is 0.539. The van der Waals surface area contributed by atoms with Crippen molar-refractivity contribution in [3.63, 3.8) is 0 Å². The summed E-state index contributed by atoms with van der Waals surface area (Å²) in [5.74, 6) is 0.0640. The third-order valence-electron chi connectivity index (χ3n) is 3.02. The SMILES string of the molecule is Cc1cccc(-c2nnc(COC(=O)c3ccc(Cl)nc3)o2)c1. The van der Waals surface area contributed by atoms with Crippen LogP contribution in [0.4, 0.5) is 0 Å². The minimum absolute atomic E-state index is 0.111. The van der Waals surface area contributed by atoms with Gasteiger partial charge in [0.25, 0.3) is 5.89 Å². The highest BCUT2D eigenvalue weighted by atomic mass is 35.5. The third-order valence-corrected chi connectivity index (χ3v) is 3.25. The van der Waals surface area contributed by atoms with E-state index in [2.05, 4.69) is 15.2 Å². The summed E-state index contributed by atoms with van der Waals surface area (Å²) in [7, 11) is 0. The Morgan fingerprint density at radius 2 is 2.13 bits per heavy atom. The molecule has 0 aliphatic carbocycles. The van der Waals surface area contributed by atoms with Gasteiger partial charge in [0.1, 0.15) is 5.15 Å². The maximum absolute atomic E-state index is 11.9. The van der Waals surface area contributed by atoms with E-state index in [4.69, 9.17) is 20.8 Å². The lowest BCUT2D eigenvalue weighted by Gasteiger charge is -2.01. The summed E-state index contributed by atoms with van der Waals surface area (Å²) in [5.41, 5.74) is 2.20. The first-order chi connectivity index (χ1) is 11.1. The van der Waals surface area contributed by atoms with Gasteiger partial charge in [0.05, 0.1) is 5.56 Å².